The first-order valence-corrected chi connectivity index (χ1v) is 6.70. The lowest BCUT2D eigenvalue weighted by atomic mass is 10.1. The van der Waals surface area contributed by atoms with Crippen LogP contribution in [0.3, 0.4) is 0 Å². The minimum absolute atomic E-state index is 0.0773. The number of ether oxygens (including phenoxy) is 1. The van der Waals surface area contributed by atoms with Crippen molar-refractivity contribution in [2.24, 2.45) is 5.73 Å². The third-order valence-corrected chi connectivity index (χ3v) is 3.20. The first-order chi connectivity index (χ1) is 9.59. The summed E-state index contributed by atoms with van der Waals surface area (Å²) in [4.78, 5) is 13.2. The molecular formula is C16H20N2O2. The van der Waals surface area contributed by atoms with Gasteiger partial charge in [-0.1, -0.05) is 36.4 Å². The quantitative estimate of drug-likeness (QED) is 0.906. The summed E-state index contributed by atoms with van der Waals surface area (Å²) in [6.07, 6.45) is 0. The maximum Gasteiger partial charge on any atom is 0.239 e. The summed E-state index contributed by atoms with van der Waals surface area (Å²) in [5.74, 6) is 0.760. The molecule has 1 amide bonds. The SMILES string of the molecule is CC(N)C(=O)N(C)CCOc1cccc2ccccc12. The number of likely N-dealkylation sites (N-methyl/N-ethyl adjacent to an activating group) is 1. The number of hydrogen-bond acceptors (Lipinski definition) is 3. The molecule has 2 N–H and O–H groups in total. The van der Waals surface area contributed by atoms with Crippen LogP contribution >= 0.6 is 0 Å². The molecular weight excluding hydrogens is 252 g/mol. The molecule has 1 unspecified atom stereocenters. The fourth-order valence-electron chi connectivity index (χ4n) is 2.07. The zero-order valence-electron chi connectivity index (χ0n) is 11.9. The number of benzene rings is 2. The predicted octanol–water partition coefficient (Wildman–Crippen LogP) is 2.02. The van der Waals surface area contributed by atoms with Crippen molar-refractivity contribution in [3.8, 4) is 5.75 Å². The minimum Gasteiger partial charge on any atom is -0.491 e. The molecule has 0 spiro atoms. The summed E-state index contributed by atoms with van der Waals surface area (Å²) >= 11 is 0. The van der Waals surface area contributed by atoms with E-state index < -0.39 is 6.04 Å². The van der Waals surface area contributed by atoms with Gasteiger partial charge < -0.3 is 15.4 Å². The van der Waals surface area contributed by atoms with Gasteiger partial charge in [-0.25, -0.2) is 0 Å². The molecule has 0 fully saturated rings. The van der Waals surface area contributed by atoms with Crippen molar-refractivity contribution in [1.82, 2.24) is 4.90 Å². The van der Waals surface area contributed by atoms with E-state index in [1.807, 2.05) is 42.5 Å². The summed E-state index contributed by atoms with van der Waals surface area (Å²) < 4.78 is 5.79. The lowest BCUT2D eigenvalue weighted by Crippen LogP contribution is -2.41. The van der Waals surface area contributed by atoms with E-state index in [1.165, 1.54) is 0 Å². The Morgan fingerprint density at radius 3 is 2.70 bits per heavy atom. The number of hydrogen-bond donors (Lipinski definition) is 1. The van der Waals surface area contributed by atoms with Crippen LogP contribution in [0.5, 0.6) is 5.75 Å². The molecule has 0 saturated carbocycles. The molecule has 0 aromatic heterocycles. The molecule has 0 aliphatic heterocycles. The Morgan fingerprint density at radius 1 is 1.25 bits per heavy atom. The van der Waals surface area contributed by atoms with Crippen molar-refractivity contribution in [1.29, 1.82) is 0 Å². The monoisotopic (exact) mass is 272 g/mol. The lowest BCUT2D eigenvalue weighted by Gasteiger charge is -2.19. The second kappa shape index (κ2) is 6.39. The number of amides is 1. The first-order valence-electron chi connectivity index (χ1n) is 6.70. The van der Waals surface area contributed by atoms with Crippen LogP contribution in [0.15, 0.2) is 42.5 Å². The van der Waals surface area contributed by atoms with Gasteiger partial charge in [0.15, 0.2) is 0 Å². The number of nitrogens with zero attached hydrogens (tertiary/aromatic N) is 1. The Labute approximate surface area is 119 Å². The highest BCUT2D eigenvalue weighted by atomic mass is 16.5. The predicted molar refractivity (Wildman–Crippen MR) is 80.7 cm³/mol. The van der Waals surface area contributed by atoms with Crippen LogP contribution in [0.2, 0.25) is 0 Å². The third kappa shape index (κ3) is 3.27. The van der Waals surface area contributed by atoms with Gasteiger partial charge in [-0.15, -0.1) is 0 Å². The number of rotatable bonds is 5. The number of carbonyl (C=O) groups excluding carboxylic acids is 1. The standard InChI is InChI=1S/C16H20N2O2/c1-12(17)16(19)18(2)10-11-20-15-9-5-7-13-6-3-4-8-14(13)15/h3-9,12H,10-11,17H2,1-2H3. The van der Waals surface area contributed by atoms with Crippen LogP contribution < -0.4 is 10.5 Å². The van der Waals surface area contributed by atoms with Gasteiger partial charge in [-0.05, 0) is 18.4 Å². The summed E-state index contributed by atoms with van der Waals surface area (Å²) in [7, 11) is 1.73. The van der Waals surface area contributed by atoms with E-state index in [1.54, 1.807) is 18.9 Å². The van der Waals surface area contributed by atoms with Gasteiger partial charge in [0.1, 0.15) is 12.4 Å². The van der Waals surface area contributed by atoms with E-state index in [9.17, 15) is 4.79 Å². The first kappa shape index (κ1) is 14.3. The van der Waals surface area contributed by atoms with Gasteiger partial charge >= 0.3 is 0 Å². The molecule has 106 valence electrons. The van der Waals surface area contributed by atoms with E-state index in [4.69, 9.17) is 10.5 Å². The molecule has 20 heavy (non-hydrogen) atoms. The molecule has 0 heterocycles. The Kier molecular flexibility index (Phi) is 4.58. The van der Waals surface area contributed by atoms with Crippen molar-refractivity contribution in [2.45, 2.75) is 13.0 Å². The van der Waals surface area contributed by atoms with Gasteiger partial charge in [0.05, 0.1) is 12.6 Å². The van der Waals surface area contributed by atoms with Crippen molar-refractivity contribution in [3.63, 3.8) is 0 Å². The van der Waals surface area contributed by atoms with Crippen molar-refractivity contribution in [2.75, 3.05) is 20.2 Å². The molecule has 0 bridgehead atoms. The second-order valence-electron chi connectivity index (χ2n) is 4.87. The highest BCUT2D eigenvalue weighted by Gasteiger charge is 2.13. The summed E-state index contributed by atoms with van der Waals surface area (Å²) in [5, 5.41) is 2.22. The molecule has 1 atom stereocenters. The maximum absolute atomic E-state index is 11.6. The summed E-state index contributed by atoms with van der Waals surface area (Å²) in [5.41, 5.74) is 5.56. The molecule has 0 aliphatic rings. The van der Waals surface area contributed by atoms with E-state index in [-0.39, 0.29) is 5.91 Å². The highest BCUT2D eigenvalue weighted by molar-refractivity contribution is 5.88. The van der Waals surface area contributed by atoms with Crippen LogP contribution in [-0.4, -0.2) is 37.0 Å². The van der Waals surface area contributed by atoms with Gasteiger partial charge in [0.2, 0.25) is 5.91 Å². The molecule has 2 rings (SSSR count). The minimum atomic E-state index is -0.474. The molecule has 2 aromatic carbocycles. The lowest BCUT2D eigenvalue weighted by molar-refractivity contribution is -0.131. The molecule has 0 saturated heterocycles. The molecule has 0 radical (unpaired) electrons. The Morgan fingerprint density at radius 2 is 1.95 bits per heavy atom. The third-order valence-electron chi connectivity index (χ3n) is 3.20. The molecule has 2 aromatic rings. The second-order valence-corrected chi connectivity index (χ2v) is 4.87. The normalized spacial score (nSPS) is 12.2. The fourth-order valence-corrected chi connectivity index (χ4v) is 2.07. The van der Waals surface area contributed by atoms with Gasteiger partial charge in [-0.3, -0.25) is 4.79 Å². The molecule has 0 aliphatic carbocycles. The average Bonchev–Trinajstić information content (AvgIpc) is 2.46. The van der Waals surface area contributed by atoms with Gasteiger partial charge in [0, 0.05) is 12.4 Å². The van der Waals surface area contributed by atoms with Crippen LogP contribution in [0.25, 0.3) is 10.8 Å². The Balaban J connectivity index is 1.98. The largest absolute Gasteiger partial charge is 0.491 e. The average molecular weight is 272 g/mol. The van der Waals surface area contributed by atoms with Crippen LogP contribution in [-0.2, 0) is 4.79 Å². The maximum atomic E-state index is 11.6. The Hall–Kier alpha value is -2.07. The molecule has 4 heteroatoms. The van der Waals surface area contributed by atoms with Crippen molar-refractivity contribution in [3.05, 3.63) is 42.5 Å². The topological polar surface area (TPSA) is 55.6 Å². The number of nitrogens with two attached hydrogens (primary N) is 1. The van der Waals surface area contributed by atoms with Crippen LogP contribution in [0.1, 0.15) is 6.92 Å². The zero-order chi connectivity index (χ0) is 14.5. The van der Waals surface area contributed by atoms with Crippen LogP contribution in [0.4, 0.5) is 0 Å². The summed E-state index contributed by atoms with van der Waals surface area (Å²) in [6, 6.07) is 13.5. The highest BCUT2D eigenvalue weighted by Crippen LogP contribution is 2.24. The zero-order valence-corrected chi connectivity index (χ0v) is 11.9. The Bertz CT molecular complexity index is 591. The van der Waals surface area contributed by atoms with Crippen molar-refractivity contribution < 1.29 is 9.53 Å². The fraction of sp³-hybridized carbons (Fsp3) is 0.312. The summed E-state index contributed by atoms with van der Waals surface area (Å²) in [6.45, 7) is 2.65. The smallest absolute Gasteiger partial charge is 0.239 e. The van der Waals surface area contributed by atoms with E-state index >= 15 is 0 Å². The van der Waals surface area contributed by atoms with Crippen LogP contribution in [0, 0.1) is 0 Å². The van der Waals surface area contributed by atoms with Crippen molar-refractivity contribution >= 4 is 16.7 Å². The van der Waals surface area contributed by atoms with E-state index in [2.05, 4.69) is 0 Å². The van der Waals surface area contributed by atoms with Gasteiger partial charge in [0.25, 0.3) is 0 Å². The van der Waals surface area contributed by atoms with E-state index in [0.29, 0.717) is 13.2 Å². The number of carbonyl (C=O) groups is 1. The molecule has 4 nitrogen and oxygen atoms in total. The van der Waals surface area contributed by atoms with Gasteiger partial charge in [-0.2, -0.15) is 0 Å². The van der Waals surface area contributed by atoms with E-state index in [0.717, 1.165) is 16.5 Å². The number of fused-ring (bicyclic) bond motifs is 1.